The number of rotatable bonds is 5. The van der Waals surface area contributed by atoms with E-state index in [4.69, 9.17) is 4.74 Å². The number of hydrogen-bond acceptors (Lipinski definition) is 3. The zero-order valence-corrected chi connectivity index (χ0v) is 16.1. The lowest BCUT2D eigenvalue weighted by Gasteiger charge is -2.33. The van der Waals surface area contributed by atoms with Gasteiger partial charge in [-0.2, -0.15) is 0 Å². The number of amides is 1. The average Bonchev–Trinajstić information content (AvgIpc) is 3.18. The average molecular weight is 375 g/mol. The van der Waals surface area contributed by atoms with E-state index in [1.807, 2.05) is 47.4 Å². The maximum atomic E-state index is 12.9. The number of fused-ring (bicyclic) bond motifs is 1. The van der Waals surface area contributed by atoms with E-state index in [9.17, 15) is 4.79 Å². The maximum absolute atomic E-state index is 12.9. The summed E-state index contributed by atoms with van der Waals surface area (Å²) in [6.07, 6.45) is 4.34. The number of aromatic nitrogens is 1. The van der Waals surface area contributed by atoms with Crippen molar-refractivity contribution in [2.24, 2.45) is 0 Å². The second-order valence-corrected chi connectivity index (χ2v) is 7.04. The van der Waals surface area contributed by atoms with Gasteiger partial charge in [-0.3, -0.25) is 9.69 Å². The number of methoxy groups -OCH3 is 1. The maximum Gasteiger partial charge on any atom is 0.270 e. The molecule has 5 heteroatoms. The van der Waals surface area contributed by atoms with E-state index >= 15 is 0 Å². The normalized spacial score (nSPS) is 15.4. The first-order valence-corrected chi connectivity index (χ1v) is 9.63. The third-order valence-electron chi connectivity index (χ3n) is 5.19. The molecule has 2 heterocycles. The number of carbonyl (C=O) groups is 1. The zero-order chi connectivity index (χ0) is 19.3. The van der Waals surface area contributed by atoms with Crippen LogP contribution in [0.1, 0.15) is 16.1 Å². The molecule has 0 saturated carbocycles. The zero-order valence-electron chi connectivity index (χ0n) is 16.1. The van der Waals surface area contributed by atoms with Crippen molar-refractivity contribution in [2.75, 3.05) is 39.8 Å². The Bertz CT molecular complexity index is 970. The highest BCUT2D eigenvalue weighted by molar-refractivity contribution is 5.98. The molecule has 1 aliphatic rings. The Morgan fingerprint density at radius 2 is 1.86 bits per heavy atom. The Hall–Kier alpha value is -3.05. The van der Waals surface area contributed by atoms with Crippen LogP contribution in [0.4, 0.5) is 0 Å². The Labute approximate surface area is 165 Å². The summed E-state index contributed by atoms with van der Waals surface area (Å²) in [7, 11) is 1.65. The first-order chi connectivity index (χ1) is 13.7. The molecule has 0 bridgehead atoms. The molecule has 0 aliphatic carbocycles. The number of hydrogen-bond donors (Lipinski definition) is 1. The van der Waals surface area contributed by atoms with E-state index in [0.717, 1.165) is 49.4 Å². The van der Waals surface area contributed by atoms with Crippen molar-refractivity contribution >= 4 is 22.9 Å². The van der Waals surface area contributed by atoms with Crippen molar-refractivity contribution in [3.63, 3.8) is 0 Å². The van der Waals surface area contributed by atoms with Crippen LogP contribution >= 0.6 is 0 Å². The molecule has 1 N–H and O–H groups in total. The van der Waals surface area contributed by atoms with Gasteiger partial charge in [0.25, 0.3) is 5.91 Å². The van der Waals surface area contributed by atoms with Crippen molar-refractivity contribution in [3.8, 4) is 5.75 Å². The molecule has 0 spiro atoms. The summed E-state index contributed by atoms with van der Waals surface area (Å²) in [6, 6.07) is 18.0. The van der Waals surface area contributed by atoms with Gasteiger partial charge in [-0.1, -0.05) is 42.5 Å². The molecule has 4 rings (SSSR count). The standard InChI is InChI=1S/C23H25N3O2/c1-28-20-9-10-21-19(16-20)17-22(24-21)23(27)26-14-12-25(13-15-26)11-5-8-18-6-3-2-4-7-18/h2-10,16-17,24H,11-15H2,1H3/b8-5+. The molecule has 1 saturated heterocycles. The first kappa shape index (κ1) is 18.3. The second-order valence-electron chi connectivity index (χ2n) is 7.04. The fourth-order valence-electron chi connectivity index (χ4n) is 3.56. The van der Waals surface area contributed by atoms with Gasteiger partial charge in [0.1, 0.15) is 11.4 Å². The van der Waals surface area contributed by atoms with E-state index < -0.39 is 0 Å². The third kappa shape index (κ3) is 4.10. The van der Waals surface area contributed by atoms with Gasteiger partial charge in [0.05, 0.1) is 7.11 Å². The van der Waals surface area contributed by atoms with Crippen LogP contribution in [0.3, 0.4) is 0 Å². The van der Waals surface area contributed by atoms with Crippen LogP contribution in [-0.2, 0) is 0 Å². The van der Waals surface area contributed by atoms with Crippen molar-refractivity contribution in [3.05, 3.63) is 71.9 Å². The van der Waals surface area contributed by atoms with Gasteiger partial charge in [-0.15, -0.1) is 0 Å². The molecule has 1 amide bonds. The summed E-state index contributed by atoms with van der Waals surface area (Å²) in [5.41, 5.74) is 2.81. The summed E-state index contributed by atoms with van der Waals surface area (Å²) in [4.78, 5) is 20.4. The lowest BCUT2D eigenvalue weighted by Crippen LogP contribution is -2.48. The molecule has 0 unspecified atom stereocenters. The molecule has 3 aromatic rings. The number of aromatic amines is 1. The SMILES string of the molecule is COc1ccc2[nH]c(C(=O)N3CCN(C/C=C/c4ccccc4)CC3)cc2c1. The third-order valence-corrected chi connectivity index (χ3v) is 5.19. The quantitative estimate of drug-likeness (QED) is 0.741. The predicted octanol–water partition coefficient (Wildman–Crippen LogP) is 3.65. The minimum atomic E-state index is 0.0645. The molecule has 0 atom stereocenters. The van der Waals surface area contributed by atoms with Crippen molar-refractivity contribution < 1.29 is 9.53 Å². The van der Waals surface area contributed by atoms with Gasteiger partial charge < -0.3 is 14.6 Å². The lowest BCUT2D eigenvalue weighted by atomic mass is 10.2. The van der Waals surface area contributed by atoms with Crippen LogP contribution in [0, 0.1) is 0 Å². The molecule has 0 radical (unpaired) electrons. The van der Waals surface area contributed by atoms with Gasteiger partial charge in [0.2, 0.25) is 0 Å². The Balaban J connectivity index is 1.33. The van der Waals surface area contributed by atoms with Crippen LogP contribution in [0.2, 0.25) is 0 Å². The lowest BCUT2D eigenvalue weighted by molar-refractivity contribution is 0.0645. The molecule has 28 heavy (non-hydrogen) atoms. The van der Waals surface area contributed by atoms with E-state index in [1.165, 1.54) is 5.56 Å². The van der Waals surface area contributed by atoms with Gasteiger partial charge in [0, 0.05) is 43.6 Å². The summed E-state index contributed by atoms with van der Waals surface area (Å²) >= 11 is 0. The Morgan fingerprint density at radius 1 is 1.07 bits per heavy atom. The highest BCUT2D eigenvalue weighted by Gasteiger charge is 2.22. The highest BCUT2D eigenvalue weighted by Crippen LogP contribution is 2.22. The number of H-pyrrole nitrogens is 1. The van der Waals surface area contributed by atoms with Crippen LogP contribution in [0.5, 0.6) is 5.75 Å². The van der Waals surface area contributed by atoms with Gasteiger partial charge in [-0.25, -0.2) is 0 Å². The monoisotopic (exact) mass is 375 g/mol. The summed E-state index contributed by atoms with van der Waals surface area (Å²) in [5, 5.41) is 0.993. The summed E-state index contributed by atoms with van der Waals surface area (Å²) < 4.78 is 5.26. The smallest absolute Gasteiger partial charge is 0.270 e. The number of nitrogens with one attached hydrogen (secondary N) is 1. The van der Waals surface area contributed by atoms with Crippen LogP contribution < -0.4 is 4.74 Å². The summed E-state index contributed by atoms with van der Waals surface area (Å²) in [6.45, 7) is 4.17. The van der Waals surface area contributed by atoms with E-state index in [2.05, 4.69) is 34.2 Å². The van der Waals surface area contributed by atoms with Crippen molar-refractivity contribution in [1.29, 1.82) is 0 Å². The van der Waals surface area contributed by atoms with E-state index in [-0.39, 0.29) is 5.91 Å². The molecule has 1 aromatic heterocycles. The molecule has 1 aliphatic heterocycles. The Morgan fingerprint density at radius 3 is 2.61 bits per heavy atom. The molecule has 1 fully saturated rings. The van der Waals surface area contributed by atoms with Crippen LogP contribution in [-0.4, -0.2) is 60.5 Å². The van der Waals surface area contributed by atoms with Gasteiger partial charge in [-0.05, 0) is 29.8 Å². The predicted molar refractivity (Wildman–Crippen MR) is 113 cm³/mol. The largest absolute Gasteiger partial charge is 0.497 e. The van der Waals surface area contributed by atoms with Crippen LogP contribution in [0.15, 0.2) is 60.7 Å². The van der Waals surface area contributed by atoms with Gasteiger partial charge in [0.15, 0.2) is 0 Å². The molecule has 144 valence electrons. The summed E-state index contributed by atoms with van der Waals surface area (Å²) in [5.74, 6) is 0.859. The Kier molecular flexibility index (Phi) is 5.44. The molecule has 5 nitrogen and oxygen atoms in total. The fraction of sp³-hybridized carbons (Fsp3) is 0.261. The molecule has 2 aromatic carbocycles. The first-order valence-electron chi connectivity index (χ1n) is 9.63. The topological polar surface area (TPSA) is 48.6 Å². The van der Waals surface area contributed by atoms with Crippen molar-refractivity contribution in [2.45, 2.75) is 0 Å². The number of piperazine rings is 1. The number of ether oxygens (including phenoxy) is 1. The van der Waals surface area contributed by atoms with Crippen LogP contribution in [0.25, 0.3) is 17.0 Å². The molecular formula is C23H25N3O2. The minimum absolute atomic E-state index is 0.0645. The fourth-order valence-corrected chi connectivity index (χ4v) is 3.56. The highest BCUT2D eigenvalue weighted by atomic mass is 16.5. The number of nitrogens with zero attached hydrogens (tertiary/aromatic N) is 2. The number of carbonyl (C=O) groups excluding carboxylic acids is 1. The van der Waals surface area contributed by atoms with Crippen molar-refractivity contribution in [1.82, 2.24) is 14.8 Å². The van der Waals surface area contributed by atoms with Gasteiger partial charge >= 0.3 is 0 Å². The number of benzene rings is 2. The minimum Gasteiger partial charge on any atom is -0.497 e. The second kappa shape index (κ2) is 8.31. The van der Waals surface area contributed by atoms with E-state index in [0.29, 0.717) is 5.69 Å². The van der Waals surface area contributed by atoms with E-state index in [1.54, 1.807) is 7.11 Å². The molecular weight excluding hydrogens is 350 g/mol.